The zero-order valence-corrected chi connectivity index (χ0v) is 16.5. The summed E-state index contributed by atoms with van der Waals surface area (Å²) in [6.45, 7) is 2.40. The minimum Gasteiger partial charge on any atom is -0.494 e. The summed E-state index contributed by atoms with van der Waals surface area (Å²) in [4.78, 5) is 28.0. The van der Waals surface area contributed by atoms with Crippen molar-refractivity contribution in [1.29, 1.82) is 0 Å². The van der Waals surface area contributed by atoms with Crippen LogP contribution in [0.4, 0.5) is 9.52 Å². The van der Waals surface area contributed by atoms with Gasteiger partial charge in [0, 0.05) is 0 Å². The van der Waals surface area contributed by atoms with E-state index in [1.54, 1.807) is 24.3 Å². The van der Waals surface area contributed by atoms with E-state index in [-0.39, 0.29) is 22.3 Å². The lowest BCUT2D eigenvalue weighted by atomic mass is 9.98. The Labute approximate surface area is 173 Å². The Morgan fingerprint density at radius 1 is 1.20 bits per heavy atom. The lowest BCUT2D eigenvalue weighted by molar-refractivity contribution is 0.0970. The van der Waals surface area contributed by atoms with E-state index in [1.165, 1.54) is 33.9 Å². The van der Waals surface area contributed by atoms with Crippen LogP contribution in [0.15, 0.2) is 57.2 Å². The number of halogens is 1. The molecular weight excluding hydrogens is 409 g/mol. The second-order valence-corrected chi connectivity index (χ2v) is 7.43. The highest BCUT2D eigenvalue weighted by atomic mass is 32.1. The van der Waals surface area contributed by atoms with Gasteiger partial charge in [-0.15, -0.1) is 10.2 Å². The number of carbonyl (C=O) groups is 1. The molecule has 0 spiro atoms. The average Bonchev–Trinajstić information content (AvgIpc) is 3.36. The van der Waals surface area contributed by atoms with Crippen LogP contribution in [-0.4, -0.2) is 22.7 Å². The normalized spacial score (nSPS) is 15.6. The maximum atomic E-state index is 13.8. The second-order valence-electron chi connectivity index (χ2n) is 6.62. The molecule has 1 atom stereocenters. The van der Waals surface area contributed by atoms with E-state index in [1.807, 2.05) is 6.92 Å². The van der Waals surface area contributed by atoms with E-state index in [9.17, 15) is 14.0 Å². The monoisotopic (exact) mass is 423 g/mol. The molecule has 1 unspecified atom stereocenters. The van der Waals surface area contributed by atoms with Gasteiger partial charge in [0.25, 0.3) is 5.91 Å². The lowest BCUT2D eigenvalue weighted by Gasteiger charge is -2.22. The maximum absolute atomic E-state index is 13.8. The fourth-order valence-electron chi connectivity index (χ4n) is 3.64. The molecule has 30 heavy (non-hydrogen) atoms. The Bertz CT molecular complexity index is 1320. The largest absolute Gasteiger partial charge is 0.494 e. The van der Waals surface area contributed by atoms with Crippen molar-refractivity contribution >= 4 is 33.3 Å². The average molecular weight is 423 g/mol. The van der Waals surface area contributed by atoms with E-state index < -0.39 is 23.2 Å². The predicted octanol–water partition coefficient (Wildman–Crippen LogP) is 3.93. The Morgan fingerprint density at radius 3 is 2.70 bits per heavy atom. The first kappa shape index (κ1) is 18.4. The summed E-state index contributed by atoms with van der Waals surface area (Å²) >= 11 is 1.17. The Balaban J connectivity index is 1.76. The highest BCUT2D eigenvalue weighted by Gasteiger charge is 2.45. The van der Waals surface area contributed by atoms with Crippen LogP contribution in [0.3, 0.4) is 0 Å². The van der Waals surface area contributed by atoms with Crippen molar-refractivity contribution in [3.8, 4) is 5.75 Å². The minimum absolute atomic E-state index is 0.0757. The van der Waals surface area contributed by atoms with E-state index in [2.05, 4.69) is 10.2 Å². The van der Waals surface area contributed by atoms with E-state index in [0.29, 0.717) is 23.1 Å². The first-order chi connectivity index (χ1) is 14.6. The van der Waals surface area contributed by atoms with Crippen molar-refractivity contribution in [3.63, 3.8) is 0 Å². The molecule has 0 fully saturated rings. The summed E-state index contributed by atoms with van der Waals surface area (Å²) < 4.78 is 25.0. The zero-order valence-electron chi connectivity index (χ0n) is 15.7. The fraction of sp³-hybridized carbons (Fsp3) is 0.143. The smallest absolute Gasteiger partial charge is 0.297 e. The number of anilines is 1. The first-order valence-electron chi connectivity index (χ1n) is 9.17. The standard InChI is InChI=1S/C21H14FN3O4S/c1-2-28-13-6-3-11(4-7-13)17-16-18(26)14-9-12(22)5-8-15(14)29-19(16)20(27)25(17)21-24-23-10-30-21/h3-10,17H,2H2,1H3. The molecular formula is C21H14FN3O4S. The Morgan fingerprint density at radius 2 is 2.00 bits per heavy atom. The molecule has 1 aliphatic heterocycles. The van der Waals surface area contributed by atoms with Crippen LogP contribution in [0, 0.1) is 5.82 Å². The third-order valence-electron chi connectivity index (χ3n) is 4.89. The number of ether oxygens (including phenoxy) is 1. The quantitative estimate of drug-likeness (QED) is 0.494. The van der Waals surface area contributed by atoms with Crippen molar-refractivity contribution in [2.24, 2.45) is 0 Å². The van der Waals surface area contributed by atoms with Gasteiger partial charge in [-0.3, -0.25) is 14.5 Å². The molecule has 0 saturated carbocycles. The van der Waals surface area contributed by atoms with Crippen LogP contribution >= 0.6 is 11.3 Å². The molecule has 1 aliphatic rings. The van der Waals surface area contributed by atoms with Gasteiger partial charge in [0.2, 0.25) is 10.9 Å². The van der Waals surface area contributed by atoms with Crippen LogP contribution in [-0.2, 0) is 0 Å². The van der Waals surface area contributed by atoms with Crippen LogP contribution in [0.5, 0.6) is 5.75 Å². The van der Waals surface area contributed by atoms with Crippen molar-refractivity contribution in [2.45, 2.75) is 13.0 Å². The van der Waals surface area contributed by atoms with E-state index in [0.717, 1.165) is 6.07 Å². The molecule has 0 radical (unpaired) electrons. The molecule has 4 aromatic rings. The molecule has 0 aliphatic carbocycles. The summed E-state index contributed by atoms with van der Waals surface area (Å²) in [5, 5.41) is 8.24. The van der Waals surface area contributed by atoms with Crippen LogP contribution in [0.2, 0.25) is 0 Å². The van der Waals surface area contributed by atoms with Crippen LogP contribution in [0.1, 0.15) is 34.6 Å². The van der Waals surface area contributed by atoms with Gasteiger partial charge < -0.3 is 9.15 Å². The van der Waals surface area contributed by atoms with E-state index in [4.69, 9.17) is 9.15 Å². The summed E-state index contributed by atoms with van der Waals surface area (Å²) in [5.41, 5.74) is 2.02. The number of rotatable bonds is 4. The second kappa shape index (κ2) is 7.03. The highest BCUT2D eigenvalue weighted by Crippen LogP contribution is 2.41. The number of amides is 1. The summed E-state index contributed by atoms with van der Waals surface area (Å²) in [6, 6.07) is 9.96. The Hall–Kier alpha value is -3.59. The van der Waals surface area contributed by atoms with Crippen molar-refractivity contribution in [3.05, 3.63) is 80.9 Å². The number of hydrogen-bond donors (Lipinski definition) is 0. The van der Waals surface area contributed by atoms with Gasteiger partial charge in [-0.1, -0.05) is 23.5 Å². The SMILES string of the molecule is CCOc1ccc(C2c3c(oc4ccc(F)cc4c3=O)C(=O)N2c2nncs2)cc1. The van der Waals surface area contributed by atoms with Gasteiger partial charge in [-0.2, -0.15) is 0 Å². The van der Waals surface area contributed by atoms with Crippen molar-refractivity contribution < 1.29 is 18.3 Å². The molecule has 0 bridgehead atoms. The third kappa shape index (κ3) is 2.78. The van der Waals surface area contributed by atoms with Gasteiger partial charge in [0.05, 0.1) is 23.6 Å². The fourth-order valence-corrected chi connectivity index (χ4v) is 4.23. The van der Waals surface area contributed by atoms with Gasteiger partial charge in [0.1, 0.15) is 22.7 Å². The molecule has 5 rings (SSSR count). The summed E-state index contributed by atoms with van der Waals surface area (Å²) in [5.74, 6) is -0.462. The highest BCUT2D eigenvalue weighted by molar-refractivity contribution is 7.13. The molecule has 1 amide bonds. The van der Waals surface area contributed by atoms with Gasteiger partial charge in [0.15, 0.2) is 5.43 Å². The molecule has 0 saturated heterocycles. The zero-order chi connectivity index (χ0) is 20.8. The first-order valence-corrected chi connectivity index (χ1v) is 10.0. The molecule has 2 aromatic heterocycles. The van der Waals surface area contributed by atoms with Gasteiger partial charge in [-0.25, -0.2) is 4.39 Å². The molecule has 3 heterocycles. The van der Waals surface area contributed by atoms with Gasteiger partial charge >= 0.3 is 0 Å². The summed E-state index contributed by atoms with van der Waals surface area (Å²) in [7, 11) is 0. The number of fused-ring (bicyclic) bond motifs is 2. The summed E-state index contributed by atoms with van der Waals surface area (Å²) in [6.07, 6.45) is 0. The lowest BCUT2D eigenvalue weighted by Crippen LogP contribution is -2.29. The maximum Gasteiger partial charge on any atom is 0.297 e. The van der Waals surface area contributed by atoms with Crippen molar-refractivity contribution in [1.82, 2.24) is 10.2 Å². The number of benzene rings is 2. The molecule has 9 heteroatoms. The molecule has 0 N–H and O–H groups in total. The number of hydrogen-bond acceptors (Lipinski definition) is 7. The number of carbonyl (C=O) groups excluding carboxylic acids is 1. The van der Waals surface area contributed by atoms with Crippen LogP contribution < -0.4 is 15.1 Å². The number of nitrogens with zero attached hydrogens (tertiary/aromatic N) is 3. The van der Waals surface area contributed by atoms with E-state index >= 15 is 0 Å². The topological polar surface area (TPSA) is 85.5 Å². The molecule has 2 aromatic carbocycles. The van der Waals surface area contributed by atoms with Crippen LogP contribution in [0.25, 0.3) is 11.0 Å². The predicted molar refractivity (Wildman–Crippen MR) is 109 cm³/mol. The number of aromatic nitrogens is 2. The molecule has 7 nitrogen and oxygen atoms in total. The third-order valence-corrected chi connectivity index (χ3v) is 5.58. The van der Waals surface area contributed by atoms with Gasteiger partial charge in [-0.05, 0) is 42.8 Å². The molecule has 150 valence electrons. The minimum atomic E-state index is -0.778. The Kier molecular flexibility index (Phi) is 4.32. The van der Waals surface area contributed by atoms with Crippen molar-refractivity contribution in [2.75, 3.05) is 11.5 Å².